The largest absolute Gasteiger partial charge is 0.459 e. The van der Waals surface area contributed by atoms with Crippen LogP contribution in [-0.2, 0) is 66.5 Å². The van der Waals surface area contributed by atoms with Crippen LogP contribution in [0.2, 0.25) is 0 Å². The molecule has 6 aliphatic rings. The summed E-state index contributed by atoms with van der Waals surface area (Å²) in [5, 5.41) is 122. The van der Waals surface area contributed by atoms with Crippen LogP contribution < -0.4 is 28.3 Å². The van der Waals surface area contributed by atoms with Crippen molar-refractivity contribution in [2.24, 2.45) is 56.6 Å². The van der Waals surface area contributed by atoms with Gasteiger partial charge in [0, 0.05) is 44.4 Å². The summed E-state index contributed by atoms with van der Waals surface area (Å²) in [6.07, 6.45) is -26.0. The fraction of sp³-hybridized carbons (Fsp3) is 0.915. The summed E-state index contributed by atoms with van der Waals surface area (Å²) >= 11 is 0. The molecule has 33 nitrogen and oxygen atoms in total. The number of aliphatic imine (C=N–C) groups is 2. The van der Waals surface area contributed by atoms with Gasteiger partial charge < -0.3 is 141 Å². The van der Waals surface area contributed by atoms with Gasteiger partial charge in [0.1, 0.15) is 90.6 Å². The third-order valence-corrected chi connectivity index (χ3v) is 19.6. The van der Waals surface area contributed by atoms with E-state index in [1.54, 1.807) is 48.5 Å². The summed E-state index contributed by atoms with van der Waals surface area (Å²) in [4.78, 5) is 49.8. The van der Waals surface area contributed by atoms with Gasteiger partial charge in [0.2, 0.25) is 0 Å². The standard InChI is InChI=1S/C38H69NO13.C21H39N7O12/c1-15-26-38(10,45)31(42)21(4)28(40)19(2)17-37(9,47-14)33(52-35-29(41)25(39(11)12)16-20(3)48-35)22(5)30(23(6)34(44)50-26)51-27-18-36(8,46-13)32(43)24(7)49-27;1-5-21(36,4-30)16(40-17-9(26-2)13(34)10(31)6(3-29)38-17)18(37-5)39-15-8(28-20(24)25)11(32)7(27-19(22)23)12(33)14(15)35/h19-27,29-33,35,41-43,45H,15-18H2,1-14H3;4-18,26,29,31-36H,3H2,1-2H3,(H4,22,23,27)(H4,24,25,28)/t19-,20-,21+,22+,23-,24+,25+,26-,27+,29-,30+,31-,32+,33-,35+,36-,37-,38-;5-,6-,7+,8-,9-,10-,11+,12-,13-,14+,15+,16-,17-,18-,21+/m10/s1. The second kappa shape index (κ2) is 32.2. The summed E-state index contributed by atoms with van der Waals surface area (Å²) in [7, 11) is 8.18. The lowest BCUT2D eigenvalue weighted by Gasteiger charge is -2.50. The average Bonchev–Trinajstić information content (AvgIpc) is 1.45. The molecule has 5 saturated heterocycles. The first-order valence-electron chi connectivity index (χ1n) is 31.3. The summed E-state index contributed by atoms with van der Waals surface area (Å²) in [6.45, 7) is 17.7. The van der Waals surface area contributed by atoms with Gasteiger partial charge in [0.15, 0.2) is 49.0 Å². The summed E-state index contributed by atoms with van der Waals surface area (Å²) < 4.78 is 66.8. The molecule has 0 aromatic carbocycles. The Balaban J connectivity index is 0.000000345. The molecule has 0 unspecified atom stereocenters. The lowest BCUT2D eigenvalue weighted by Crippen LogP contribution is -2.66. The molecule has 534 valence electrons. The molecule has 0 radical (unpaired) electrons. The lowest BCUT2D eigenvalue weighted by molar-refractivity contribution is -0.319. The predicted molar refractivity (Wildman–Crippen MR) is 324 cm³/mol. The highest BCUT2D eigenvalue weighted by atomic mass is 16.8. The second-order valence-corrected chi connectivity index (χ2v) is 26.5. The normalized spacial score (nSPS) is 48.3. The van der Waals surface area contributed by atoms with Crippen LogP contribution in [0.25, 0.3) is 0 Å². The van der Waals surface area contributed by atoms with Crippen molar-refractivity contribution in [1.29, 1.82) is 0 Å². The molecule has 0 spiro atoms. The number of esters is 1. The maximum absolute atomic E-state index is 14.2. The van der Waals surface area contributed by atoms with Crippen molar-refractivity contribution in [3.8, 4) is 0 Å². The summed E-state index contributed by atoms with van der Waals surface area (Å²) in [5.74, 6) is -5.50. The zero-order valence-corrected chi connectivity index (χ0v) is 55.6. The van der Waals surface area contributed by atoms with E-state index in [1.807, 2.05) is 32.8 Å². The summed E-state index contributed by atoms with van der Waals surface area (Å²) in [6, 6.07) is -4.36. The molecular formula is C59H108N8O25. The van der Waals surface area contributed by atoms with Crippen molar-refractivity contribution in [1.82, 2.24) is 10.2 Å². The second-order valence-electron chi connectivity index (χ2n) is 26.5. The number of nitrogens with zero attached hydrogens (tertiary/aromatic N) is 3. The number of nitrogens with two attached hydrogens (primary N) is 4. The van der Waals surface area contributed by atoms with E-state index in [1.165, 1.54) is 35.1 Å². The number of likely N-dealkylation sites (N-methyl/N-ethyl adjacent to an activating group) is 2. The number of hydrogen-bond acceptors (Lipinski definition) is 29. The first-order valence-corrected chi connectivity index (χ1v) is 31.3. The smallest absolute Gasteiger partial charge is 0.311 e. The first-order chi connectivity index (χ1) is 42.7. The maximum Gasteiger partial charge on any atom is 0.311 e. The van der Waals surface area contributed by atoms with Crippen molar-refractivity contribution in [3.05, 3.63) is 0 Å². The van der Waals surface area contributed by atoms with Gasteiger partial charge in [-0.2, -0.15) is 0 Å². The van der Waals surface area contributed by atoms with Gasteiger partial charge >= 0.3 is 5.97 Å². The van der Waals surface area contributed by atoms with E-state index in [-0.39, 0.29) is 43.5 Å². The number of aliphatic hydroxyl groups is 11. The molecule has 33 heteroatoms. The van der Waals surface area contributed by atoms with Gasteiger partial charge in [-0.25, -0.2) is 9.98 Å². The summed E-state index contributed by atoms with van der Waals surface area (Å²) in [5.41, 5.74) is 15.1. The Labute approximate surface area is 537 Å². The highest BCUT2D eigenvalue weighted by molar-refractivity contribution is 5.83. The van der Waals surface area contributed by atoms with Gasteiger partial charge in [0.05, 0.1) is 66.4 Å². The van der Waals surface area contributed by atoms with Gasteiger partial charge in [-0.15, -0.1) is 0 Å². The number of aliphatic hydroxyl groups excluding tert-OH is 9. The Hall–Kier alpha value is -3.57. The molecule has 0 amide bonds. The number of guanidine groups is 2. The number of rotatable bonds is 17. The van der Waals surface area contributed by atoms with E-state index in [2.05, 4.69) is 15.3 Å². The Morgan fingerprint density at radius 3 is 1.80 bits per heavy atom. The third-order valence-electron chi connectivity index (χ3n) is 19.6. The minimum Gasteiger partial charge on any atom is -0.459 e. The first kappa shape index (κ1) is 79.1. The Kier molecular flexibility index (Phi) is 27.7. The number of cyclic esters (lactones) is 1. The Morgan fingerprint density at radius 2 is 1.27 bits per heavy atom. The molecule has 0 aromatic heterocycles. The molecule has 92 heavy (non-hydrogen) atoms. The van der Waals surface area contributed by atoms with Crippen molar-refractivity contribution >= 4 is 30.0 Å². The maximum atomic E-state index is 14.2. The van der Waals surface area contributed by atoms with Crippen LogP contribution in [0.3, 0.4) is 0 Å². The van der Waals surface area contributed by atoms with Gasteiger partial charge in [-0.1, -0.05) is 27.7 Å². The monoisotopic (exact) mass is 1330 g/mol. The highest BCUT2D eigenvalue weighted by Crippen LogP contribution is 2.43. The minimum atomic E-state index is -2.38. The average molecular weight is 1330 g/mol. The molecule has 0 aromatic rings. The van der Waals surface area contributed by atoms with Crippen molar-refractivity contribution in [2.45, 2.75) is 277 Å². The molecule has 6 rings (SSSR count). The molecule has 6 fully saturated rings. The number of methoxy groups -OCH3 is 2. The van der Waals surface area contributed by atoms with E-state index in [0.29, 0.717) is 6.42 Å². The van der Waals surface area contributed by atoms with Gasteiger partial charge in [-0.3, -0.25) is 14.4 Å². The number of ketones is 1. The number of hydrogen-bond donors (Lipinski definition) is 16. The van der Waals surface area contributed by atoms with Gasteiger partial charge in [-0.05, 0) is 88.9 Å². The van der Waals surface area contributed by atoms with Crippen LogP contribution in [0.15, 0.2) is 9.98 Å². The molecule has 0 bridgehead atoms. The fourth-order valence-corrected chi connectivity index (χ4v) is 13.7. The molecule has 1 saturated carbocycles. The van der Waals surface area contributed by atoms with Crippen molar-refractivity contribution in [2.75, 3.05) is 42.0 Å². The quantitative estimate of drug-likeness (QED) is 0.0279. The van der Waals surface area contributed by atoms with Crippen molar-refractivity contribution in [3.63, 3.8) is 0 Å². The third kappa shape index (κ3) is 16.9. The predicted octanol–water partition coefficient (Wildman–Crippen LogP) is -5.72. The highest BCUT2D eigenvalue weighted by Gasteiger charge is 2.62. The topological polar surface area (TPSA) is 519 Å². The van der Waals surface area contributed by atoms with Crippen molar-refractivity contribution < 1.29 is 123 Å². The minimum absolute atomic E-state index is 0.111. The zero-order valence-electron chi connectivity index (χ0n) is 55.6. The molecule has 5 heterocycles. The molecule has 1 aliphatic carbocycles. The fourth-order valence-electron chi connectivity index (χ4n) is 13.7. The SMILES string of the molecule is CC[C@H]1OC(=O)[C@H](C)[C@@H](O[C@H]2C[C@@](C)(OC)[C@@H](O)[C@H](C)O2)[C@H](C)[C@@H](O[C@@H]2O[C@H](C)C[C@H](N(C)C)[C@H]2O)[C@](C)(OC)C[C@@H](C)C(=O)[C@H](C)[C@@H](O)[C@]1(C)O.CN[C@@H]1[C@H](O[C@H]2[C@H](O[C@H]3[C@H](O)[C@@H](O)[C@H](N=C(N)N)[C@@H](O)[C@@H]3N=C(N)N)O[C@@H](C)[C@]2(O)C=O)O[C@@H](CO)[C@H](O)[C@H]1O. The number of ether oxygens (including phenoxy) is 11. The van der Waals surface area contributed by atoms with Crippen LogP contribution in [0.1, 0.15) is 102 Å². The van der Waals surface area contributed by atoms with Crippen LogP contribution in [-0.4, -0.2) is 308 Å². The van der Waals surface area contributed by atoms with E-state index < -0.39 is 212 Å². The van der Waals surface area contributed by atoms with Crippen LogP contribution in [0.4, 0.5) is 0 Å². The number of aldehydes is 1. The van der Waals surface area contributed by atoms with E-state index >= 15 is 0 Å². The molecule has 33 atom stereocenters. The number of nitrogens with one attached hydrogen (secondary N) is 1. The molecule has 20 N–H and O–H groups in total. The van der Waals surface area contributed by atoms with Crippen LogP contribution >= 0.6 is 0 Å². The zero-order chi connectivity index (χ0) is 69.8. The van der Waals surface area contributed by atoms with E-state index in [4.69, 9.17) is 75.0 Å². The lowest BCUT2D eigenvalue weighted by atomic mass is 9.74. The van der Waals surface area contributed by atoms with Crippen LogP contribution in [0, 0.1) is 23.7 Å². The van der Waals surface area contributed by atoms with E-state index in [0.717, 1.165) is 0 Å². The Morgan fingerprint density at radius 1 is 0.685 bits per heavy atom. The number of Topliss-reactive ketones (excluding diaryl/α,β-unsaturated/α-hetero) is 1. The number of carbonyl (C=O) groups excluding carboxylic acids is 3. The molecule has 5 aliphatic heterocycles. The molecular weight excluding hydrogens is 1220 g/mol. The Bertz CT molecular complexity index is 2460. The van der Waals surface area contributed by atoms with Crippen LogP contribution in [0.5, 0.6) is 0 Å². The van der Waals surface area contributed by atoms with Gasteiger partial charge in [0.25, 0.3) is 0 Å². The van der Waals surface area contributed by atoms with E-state index in [9.17, 15) is 70.6 Å². The number of carbonyl (C=O) groups is 3.